The van der Waals surface area contributed by atoms with Gasteiger partial charge in [0.2, 0.25) is 0 Å². The molecule has 1 aromatic carbocycles. The topological polar surface area (TPSA) is 48.1 Å². The lowest BCUT2D eigenvalue weighted by Gasteiger charge is -2.15. The summed E-state index contributed by atoms with van der Waals surface area (Å²) in [7, 11) is 1.68. The zero-order chi connectivity index (χ0) is 13.5. The molecule has 1 aromatic heterocycles. The Morgan fingerprint density at radius 2 is 1.79 bits per heavy atom. The van der Waals surface area contributed by atoms with Gasteiger partial charge >= 0.3 is 0 Å². The lowest BCUT2D eigenvalue weighted by molar-refractivity contribution is 0.414. The molecule has 0 aliphatic carbocycles. The van der Waals surface area contributed by atoms with E-state index in [0.717, 1.165) is 18.6 Å². The van der Waals surface area contributed by atoms with E-state index >= 15 is 0 Å². The van der Waals surface area contributed by atoms with Gasteiger partial charge in [-0.3, -0.25) is 4.98 Å². The molecule has 2 aromatic rings. The summed E-state index contributed by atoms with van der Waals surface area (Å²) in [5.74, 6) is 1.29. The maximum absolute atomic E-state index is 5.87. The third kappa shape index (κ3) is 3.80. The van der Waals surface area contributed by atoms with Crippen LogP contribution >= 0.6 is 0 Å². The number of benzene rings is 1. The molecule has 1 unspecified atom stereocenters. The van der Waals surface area contributed by atoms with Gasteiger partial charge in [-0.1, -0.05) is 12.1 Å². The number of pyridine rings is 1. The zero-order valence-electron chi connectivity index (χ0n) is 11.3. The maximum atomic E-state index is 5.87. The van der Waals surface area contributed by atoms with Crippen LogP contribution < -0.4 is 10.5 Å². The van der Waals surface area contributed by atoms with Crippen LogP contribution in [0.25, 0.3) is 0 Å². The minimum absolute atomic E-state index is 0.394. The Morgan fingerprint density at radius 1 is 1.11 bits per heavy atom. The third-order valence-electron chi connectivity index (χ3n) is 3.40. The second-order valence-corrected chi connectivity index (χ2v) is 4.60. The maximum Gasteiger partial charge on any atom is 0.118 e. The van der Waals surface area contributed by atoms with E-state index in [1.165, 1.54) is 11.1 Å². The first-order chi connectivity index (χ1) is 9.33. The van der Waals surface area contributed by atoms with Gasteiger partial charge in [-0.25, -0.2) is 0 Å². The van der Waals surface area contributed by atoms with Crippen LogP contribution in [-0.4, -0.2) is 18.6 Å². The molecule has 0 bridgehead atoms. The van der Waals surface area contributed by atoms with Crippen LogP contribution in [0.2, 0.25) is 0 Å². The number of hydrogen-bond donors (Lipinski definition) is 1. The number of aryl methyl sites for hydroxylation is 1. The standard InChI is InChI=1S/C16H20N2O/c1-19-16-6-3-13(4-7-16)2-5-15(12-17)14-8-10-18-11-9-14/h3-4,6-11,15H,2,5,12,17H2,1H3. The van der Waals surface area contributed by atoms with Crippen LogP contribution in [0.1, 0.15) is 23.5 Å². The first-order valence-corrected chi connectivity index (χ1v) is 6.56. The number of rotatable bonds is 6. The summed E-state index contributed by atoms with van der Waals surface area (Å²) >= 11 is 0. The summed E-state index contributed by atoms with van der Waals surface area (Å²) in [6, 6.07) is 12.3. The Kier molecular flexibility index (Phi) is 4.93. The first-order valence-electron chi connectivity index (χ1n) is 6.56. The highest BCUT2D eigenvalue weighted by Gasteiger charge is 2.09. The van der Waals surface area contributed by atoms with Crippen molar-refractivity contribution in [2.75, 3.05) is 13.7 Å². The highest BCUT2D eigenvalue weighted by Crippen LogP contribution is 2.21. The van der Waals surface area contributed by atoms with Crippen LogP contribution in [0.4, 0.5) is 0 Å². The van der Waals surface area contributed by atoms with Gasteiger partial charge < -0.3 is 10.5 Å². The van der Waals surface area contributed by atoms with Crippen molar-refractivity contribution in [3.05, 3.63) is 59.9 Å². The van der Waals surface area contributed by atoms with Crippen LogP contribution in [0.3, 0.4) is 0 Å². The molecule has 1 atom stereocenters. The highest BCUT2D eigenvalue weighted by atomic mass is 16.5. The Bertz CT molecular complexity index is 482. The van der Waals surface area contributed by atoms with Crippen LogP contribution in [-0.2, 0) is 6.42 Å². The van der Waals surface area contributed by atoms with Crippen molar-refractivity contribution in [3.8, 4) is 5.75 Å². The summed E-state index contributed by atoms with van der Waals surface area (Å²) in [6.07, 6.45) is 5.72. The van der Waals surface area contributed by atoms with Gasteiger partial charge in [-0.2, -0.15) is 0 Å². The second-order valence-electron chi connectivity index (χ2n) is 4.60. The SMILES string of the molecule is COc1ccc(CCC(CN)c2ccncc2)cc1. The van der Waals surface area contributed by atoms with Gasteiger partial charge in [0.1, 0.15) is 5.75 Å². The molecular weight excluding hydrogens is 236 g/mol. The summed E-state index contributed by atoms with van der Waals surface area (Å²) in [6.45, 7) is 0.667. The van der Waals surface area contributed by atoms with Gasteiger partial charge in [0, 0.05) is 12.4 Å². The highest BCUT2D eigenvalue weighted by molar-refractivity contribution is 5.27. The molecule has 3 nitrogen and oxygen atoms in total. The van der Waals surface area contributed by atoms with Crippen molar-refractivity contribution in [1.82, 2.24) is 4.98 Å². The van der Waals surface area contributed by atoms with E-state index in [1.54, 1.807) is 7.11 Å². The van der Waals surface area contributed by atoms with E-state index in [0.29, 0.717) is 12.5 Å². The Balaban J connectivity index is 1.96. The van der Waals surface area contributed by atoms with Crippen molar-refractivity contribution < 1.29 is 4.74 Å². The molecule has 0 radical (unpaired) electrons. The molecule has 0 aliphatic heterocycles. The number of aromatic nitrogens is 1. The average Bonchev–Trinajstić information content (AvgIpc) is 2.49. The molecule has 0 saturated heterocycles. The lowest BCUT2D eigenvalue weighted by Crippen LogP contribution is -2.13. The van der Waals surface area contributed by atoms with Crippen LogP contribution in [0.15, 0.2) is 48.8 Å². The predicted octanol–water partition coefficient (Wildman–Crippen LogP) is 2.77. The fourth-order valence-corrected chi connectivity index (χ4v) is 2.19. The first kappa shape index (κ1) is 13.6. The molecule has 2 N–H and O–H groups in total. The molecule has 3 heteroatoms. The van der Waals surface area contributed by atoms with Gasteiger partial charge in [0.15, 0.2) is 0 Å². The third-order valence-corrected chi connectivity index (χ3v) is 3.40. The molecule has 1 heterocycles. The fraction of sp³-hybridized carbons (Fsp3) is 0.312. The summed E-state index contributed by atoms with van der Waals surface area (Å²) in [5, 5.41) is 0. The van der Waals surface area contributed by atoms with Gasteiger partial charge in [-0.05, 0) is 60.7 Å². The smallest absolute Gasteiger partial charge is 0.118 e. The van der Waals surface area contributed by atoms with Crippen LogP contribution in [0.5, 0.6) is 5.75 Å². The Morgan fingerprint density at radius 3 is 2.37 bits per heavy atom. The van der Waals surface area contributed by atoms with E-state index in [9.17, 15) is 0 Å². The molecule has 19 heavy (non-hydrogen) atoms. The van der Waals surface area contributed by atoms with Crippen molar-refractivity contribution >= 4 is 0 Å². The lowest BCUT2D eigenvalue weighted by atomic mass is 9.93. The van der Waals surface area contributed by atoms with E-state index in [1.807, 2.05) is 36.7 Å². The van der Waals surface area contributed by atoms with Crippen molar-refractivity contribution in [3.63, 3.8) is 0 Å². The molecule has 0 aliphatic rings. The van der Waals surface area contributed by atoms with E-state index < -0.39 is 0 Å². The molecule has 0 spiro atoms. The molecule has 100 valence electrons. The zero-order valence-corrected chi connectivity index (χ0v) is 11.3. The fourth-order valence-electron chi connectivity index (χ4n) is 2.19. The Hall–Kier alpha value is -1.87. The summed E-state index contributed by atoms with van der Waals surface area (Å²) in [5.41, 5.74) is 8.46. The minimum Gasteiger partial charge on any atom is -0.497 e. The Labute approximate surface area is 114 Å². The molecular formula is C16H20N2O. The number of methoxy groups -OCH3 is 1. The molecule has 0 saturated carbocycles. The monoisotopic (exact) mass is 256 g/mol. The molecule has 2 rings (SSSR count). The van der Waals surface area contributed by atoms with Crippen LogP contribution in [0, 0.1) is 0 Å². The van der Waals surface area contributed by atoms with Crippen molar-refractivity contribution in [1.29, 1.82) is 0 Å². The van der Waals surface area contributed by atoms with E-state index in [4.69, 9.17) is 10.5 Å². The van der Waals surface area contributed by atoms with Gasteiger partial charge in [0.05, 0.1) is 7.11 Å². The van der Waals surface area contributed by atoms with Gasteiger partial charge in [-0.15, -0.1) is 0 Å². The number of nitrogens with zero attached hydrogens (tertiary/aromatic N) is 1. The number of ether oxygens (including phenoxy) is 1. The summed E-state index contributed by atoms with van der Waals surface area (Å²) in [4.78, 5) is 4.04. The second kappa shape index (κ2) is 6.90. The van der Waals surface area contributed by atoms with E-state index in [-0.39, 0.29) is 0 Å². The normalized spacial score (nSPS) is 12.1. The minimum atomic E-state index is 0.394. The number of hydrogen-bond acceptors (Lipinski definition) is 3. The quantitative estimate of drug-likeness (QED) is 0.864. The average molecular weight is 256 g/mol. The number of nitrogens with two attached hydrogens (primary N) is 1. The van der Waals surface area contributed by atoms with Crippen molar-refractivity contribution in [2.45, 2.75) is 18.8 Å². The van der Waals surface area contributed by atoms with Crippen molar-refractivity contribution in [2.24, 2.45) is 5.73 Å². The molecule has 0 fully saturated rings. The predicted molar refractivity (Wildman–Crippen MR) is 77.3 cm³/mol. The largest absolute Gasteiger partial charge is 0.497 e. The van der Waals surface area contributed by atoms with Gasteiger partial charge in [0.25, 0.3) is 0 Å². The van der Waals surface area contributed by atoms with E-state index in [2.05, 4.69) is 17.1 Å². The molecule has 0 amide bonds. The summed E-state index contributed by atoms with van der Waals surface area (Å²) < 4.78 is 5.16.